The number of amides is 2. The SMILES string of the molecule is NCc1cccc(CNC(=O)C2CCCN2C(=O)OCc2ccccc2)c1. The van der Waals surface area contributed by atoms with Crippen LogP contribution in [0.5, 0.6) is 0 Å². The minimum Gasteiger partial charge on any atom is -0.445 e. The highest BCUT2D eigenvalue weighted by Crippen LogP contribution is 2.19. The maximum atomic E-state index is 12.6. The number of nitrogens with two attached hydrogens (primary N) is 1. The molecule has 6 nitrogen and oxygen atoms in total. The Labute approximate surface area is 159 Å². The average molecular weight is 367 g/mol. The molecule has 1 fully saturated rings. The monoisotopic (exact) mass is 367 g/mol. The van der Waals surface area contributed by atoms with Crippen LogP contribution in [0.3, 0.4) is 0 Å². The quantitative estimate of drug-likeness (QED) is 0.822. The van der Waals surface area contributed by atoms with E-state index in [2.05, 4.69) is 5.32 Å². The van der Waals surface area contributed by atoms with E-state index in [0.717, 1.165) is 23.1 Å². The Morgan fingerprint density at radius 3 is 2.59 bits per heavy atom. The van der Waals surface area contributed by atoms with Crippen LogP contribution in [-0.2, 0) is 29.2 Å². The second kappa shape index (κ2) is 9.19. The van der Waals surface area contributed by atoms with Gasteiger partial charge in [0.2, 0.25) is 5.91 Å². The first-order chi connectivity index (χ1) is 13.2. The van der Waals surface area contributed by atoms with Crippen molar-refractivity contribution in [3.8, 4) is 0 Å². The normalized spacial score (nSPS) is 16.2. The van der Waals surface area contributed by atoms with Crippen LogP contribution in [0.15, 0.2) is 54.6 Å². The fraction of sp³-hybridized carbons (Fsp3) is 0.333. The molecule has 1 atom stereocenters. The highest BCUT2D eigenvalue weighted by molar-refractivity contribution is 5.86. The minimum atomic E-state index is -0.481. The van der Waals surface area contributed by atoms with Crippen molar-refractivity contribution in [2.75, 3.05) is 6.54 Å². The van der Waals surface area contributed by atoms with E-state index in [9.17, 15) is 9.59 Å². The van der Waals surface area contributed by atoms with E-state index in [4.69, 9.17) is 10.5 Å². The van der Waals surface area contributed by atoms with Gasteiger partial charge < -0.3 is 15.8 Å². The molecule has 1 aliphatic rings. The zero-order valence-electron chi connectivity index (χ0n) is 15.3. The molecule has 2 aromatic carbocycles. The summed E-state index contributed by atoms with van der Waals surface area (Å²) in [6.07, 6.45) is 0.998. The Hall–Kier alpha value is -2.86. The van der Waals surface area contributed by atoms with Crippen molar-refractivity contribution < 1.29 is 14.3 Å². The first-order valence-electron chi connectivity index (χ1n) is 9.20. The van der Waals surface area contributed by atoms with Crippen LogP contribution < -0.4 is 11.1 Å². The summed E-state index contributed by atoms with van der Waals surface area (Å²) in [7, 11) is 0. The molecule has 6 heteroatoms. The lowest BCUT2D eigenvalue weighted by Gasteiger charge is -2.23. The number of likely N-dealkylation sites (tertiary alicyclic amines) is 1. The molecule has 2 aromatic rings. The van der Waals surface area contributed by atoms with Gasteiger partial charge in [-0.15, -0.1) is 0 Å². The topological polar surface area (TPSA) is 84.7 Å². The zero-order chi connectivity index (χ0) is 19.1. The number of carbonyl (C=O) groups is 2. The second-order valence-electron chi connectivity index (χ2n) is 6.63. The number of benzene rings is 2. The smallest absolute Gasteiger partial charge is 0.410 e. The second-order valence-corrected chi connectivity index (χ2v) is 6.63. The first-order valence-corrected chi connectivity index (χ1v) is 9.20. The summed E-state index contributed by atoms with van der Waals surface area (Å²) < 4.78 is 5.38. The standard InChI is InChI=1S/C21H25N3O3/c22-13-17-8-4-9-18(12-17)14-23-20(25)19-10-5-11-24(19)21(26)27-15-16-6-2-1-3-7-16/h1-4,6-9,12,19H,5,10-11,13-15,22H2,(H,23,25). The van der Waals surface area contributed by atoms with Crippen molar-refractivity contribution in [1.29, 1.82) is 0 Å². The molecular formula is C21H25N3O3. The summed E-state index contributed by atoms with van der Waals surface area (Å²) in [4.78, 5) is 26.5. The summed E-state index contributed by atoms with van der Waals surface area (Å²) in [5.41, 5.74) is 8.58. The van der Waals surface area contributed by atoms with Gasteiger partial charge in [0.1, 0.15) is 12.6 Å². The van der Waals surface area contributed by atoms with Crippen molar-refractivity contribution in [1.82, 2.24) is 10.2 Å². The fourth-order valence-electron chi connectivity index (χ4n) is 3.23. The van der Waals surface area contributed by atoms with E-state index in [1.54, 1.807) is 0 Å². The Morgan fingerprint density at radius 2 is 1.81 bits per heavy atom. The number of rotatable bonds is 6. The van der Waals surface area contributed by atoms with Gasteiger partial charge in [-0.05, 0) is 29.5 Å². The molecule has 0 aromatic heterocycles. The van der Waals surface area contributed by atoms with Crippen molar-refractivity contribution in [2.45, 2.75) is 38.6 Å². The van der Waals surface area contributed by atoms with Gasteiger partial charge in [-0.3, -0.25) is 9.69 Å². The van der Waals surface area contributed by atoms with Crippen molar-refractivity contribution in [3.05, 3.63) is 71.3 Å². The lowest BCUT2D eigenvalue weighted by atomic mass is 10.1. The molecule has 1 unspecified atom stereocenters. The maximum absolute atomic E-state index is 12.6. The highest BCUT2D eigenvalue weighted by atomic mass is 16.6. The fourth-order valence-corrected chi connectivity index (χ4v) is 3.23. The van der Waals surface area contributed by atoms with E-state index in [1.807, 2.05) is 54.6 Å². The molecule has 27 heavy (non-hydrogen) atoms. The summed E-state index contributed by atoms with van der Waals surface area (Å²) in [5, 5.41) is 2.92. The van der Waals surface area contributed by atoms with Crippen LogP contribution >= 0.6 is 0 Å². The first kappa shape index (κ1) is 18.9. The van der Waals surface area contributed by atoms with E-state index in [1.165, 1.54) is 4.90 Å². The van der Waals surface area contributed by atoms with Crippen LogP contribution in [0.1, 0.15) is 29.5 Å². The molecule has 0 bridgehead atoms. The van der Waals surface area contributed by atoms with Crippen molar-refractivity contribution in [2.24, 2.45) is 5.73 Å². The predicted molar refractivity (Wildman–Crippen MR) is 103 cm³/mol. The molecule has 1 saturated heterocycles. The molecule has 0 spiro atoms. The third kappa shape index (κ3) is 5.08. The Morgan fingerprint density at radius 1 is 1.07 bits per heavy atom. The number of nitrogens with zero attached hydrogens (tertiary/aromatic N) is 1. The van der Waals surface area contributed by atoms with E-state index < -0.39 is 12.1 Å². The molecular weight excluding hydrogens is 342 g/mol. The Kier molecular flexibility index (Phi) is 6.44. The molecule has 3 N–H and O–H groups in total. The summed E-state index contributed by atoms with van der Waals surface area (Å²) in [6.45, 7) is 1.62. The Bertz CT molecular complexity index is 779. The summed E-state index contributed by atoms with van der Waals surface area (Å²) in [5.74, 6) is -0.151. The lowest BCUT2D eigenvalue weighted by Crippen LogP contribution is -2.45. The number of carbonyl (C=O) groups excluding carboxylic acids is 2. The number of hydrogen-bond donors (Lipinski definition) is 2. The molecule has 2 amide bonds. The van der Waals surface area contributed by atoms with Crippen LogP contribution in [0, 0.1) is 0 Å². The van der Waals surface area contributed by atoms with E-state index in [-0.39, 0.29) is 12.5 Å². The van der Waals surface area contributed by atoms with Crippen LogP contribution in [-0.4, -0.2) is 29.5 Å². The third-order valence-corrected chi connectivity index (χ3v) is 4.69. The van der Waals surface area contributed by atoms with Crippen molar-refractivity contribution >= 4 is 12.0 Å². The molecule has 0 radical (unpaired) electrons. The van der Waals surface area contributed by atoms with Crippen LogP contribution in [0.4, 0.5) is 4.79 Å². The summed E-state index contributed by atoms with van der Waals surface area (Å²) in [6, 6.07) is 16.8. The number of nitrogens with one attached hydrogen (secondary N) is 1. The van der Waals surface area contributed by atoms with Gasteiger partial charge in [0.05, 0.1) is 0 Å². The molecule has 3 rings (SSSR count). The van der Waals surface area contributed by atoms with Gasteiger partial charge in [0.25, 0.3) is 0 Å². The maximum Gasteiger partial charge on any atom is 0.410 e. The zero-order valence-corrected chi connectivity index (χ0v) is 15.3. The lowest BCUT2D eigenvalue weighted by molar-refractivity contribution is -0.125. The van der Waals surface area contributed by atoms with Crippen LogP contribution in [0.2, 0.25) is 0 Å². The van der Waals surface area contributed by atoms with E-state index in [0.29, 0.717) is 26.1 Å². The number of hydrogen-bond acceptors (Lipinski definition) is 4. The van der Waals surface area contributed by atoms with Gasteiger partial charge in [0.15, 0.2) is 0 Å². The molecule has 1 heterocycles. The third-order valence-electron chi connectivity index (χ3n) is 4.69. The summed E-state index contributed by atoms with van der Waals surface area (Å²) >= 11 is 0. The highest BCUT2D eigenvalue weighted by Gasteiger charge is 2.34. The van der Waals surface area contributed by atoms with Crippen LogP contribution in [0.25, 0.3) is 0 Å². The largest absolute Gasteiger partial charge is 0.445 e. The molecule has 0 aliphatic carbocycles. The van der Waals surface area contributed by atoms with Gasteiger partial charge in [-0.2, -0.15) is 0 Å². The van der Waals surface area contributed by atoms with Gasteiger partial charge in [-0.25, -0.2) is 4.79 Å². The molecule has 142 valence electrons. The Balaban J connectivity index is 1.53. The van der Waals surface area contributed by atoms with Gasteiger partial charge in [0, 0.05) is 19.6 Å². The average Bonchev–Trinajstić information content (AvgIpc) is 3.21. The van der Waals surface area contributed by atoms with Gasteiger partial charge >= 0.3 is 6.09 Å². The van der Waals surface area contributed by atoms with Crippen molar-refractivity contribution in [3.63, 3.8) is 0 Å². The molecule has 0 saturated carbocycles. The minimum absolute atomic E-state index is 0.151. The van der Waals surface area contributed by atoms with Gasteiger partial charge in [-0.1, -0.05) is 54.6 Å². The van der Waals surface area contributed by atoms with E-state index >= 15 is 0 Å². The number of ether oxygens (including phenoxy) is 1. The molecule has 1 aliphatic heterocycles. The predicted octanol–water partition coefficient (Wildman–Crippen LogP) is 2.56.